The van der Waals surface area contributed by atoms with Gasteiger partial charge in [0, 0.05) is 0 Å². The van der Waals surface area contributed by atoms with Crippen LogP contribution in [0.3, 0.4) is 0 Å². The van der Waals surface area contributed by atoms with Crippen molar-refractivity contribution in [1.82, 2.24) is 0 Å². The van der Waals surface area contributed by atoms with E-state index in [9.17, 15) is 9.90 Å². The van der Waals surface area contributed by atoms with Crippen molar-refractivity contribution < 1.29 is 14.6 Å². The normalized spacial score (nSPS) is 11.0. The molecule has 1 aromatic carbocycles. The number of benzene rings is 1. The summed E-state index contributed by atoms with van der Waals surface area (Å²) < 4.78 is 5.57. The number of amides is 1. The number of para-hydroxylation sites is 1. The number of rotatable bonds is 1. The second-order valence-electron chi connectivity index (χ2n) is 4.26. The molecule has 0 unspecified atom stereocenters. The van der Waals surface area contributed by atoms with Crippen LogP contribution in [0.25, 0.3) is 0 Å². The topological polar surface area (TPSA) is 58.6 Å². The number of hydrogen-bond donors (Lipinski definition) is 2. The van der Waals surface area contributed by atoms with Gasteiger partial charge in [0.25, 0.3) is 0 Å². The van der Waals surface area contributed by atoms with Crippen LogP contribution in [-0.2, 0) is 4.74 Å². The van der Waals surface area contributed by atoms with E-state index in [0.29, 0.717) is 10.2 Å². The Labute approximate surface area is 103 Å². The number of hydrogen-bond acceptors (Lipinski definition) is 3. The lowest BCUT2D eigenvalue weighted by molar-refractivity contribution is 0.0635. The highest BCUT2D eigenvalue weighted by Gasteiger charge is 2.17. The first kappa shape index (κ1) is 12.8. The third-order valence-corrected chi connectivity index (χ3v) is 2.26. The van der Waals surface area contributed by atoms with Crippen molar-refractivity contribution in [2.75, 3.05) is 5.32 Å². The molecule has 2 N–H and O–H groups in total. The van der Waals surface area contributed by atoms with E-state index in [1.165, 1.54) is 0 Å². The largest absolute Gasteiger partial charge is 0.505 e. The molecular weight excluding hydrogens is 274 g/mol. The summed E-state index contributed by atoms with van der Waals surface area (Å²) in [5, 5.41) is 12.1. The molecule has 1 rings (SSSR count). The van der Waals surface area contributed by atoms with Gasteiger partial charge in [-0.15, -0.1) is 0 Å². The lowest BCUT2D eigenvalue weighted by Crippen LogP contribution is -2.27. The molecule has 0 spiro atoms. The van der Waals surface area contributed by atoms with E-state index in [0.717, 1.165) is 0 Å². The van der Waals surface area contributed by atoms with E-state index in [2.05, 4.69) is 21.2 Å². The number of nitrogens with one attached hydrogen (secondary N) is 1. The van der Waals surface area contributed by atoms with Gasteiger partial charge in [-0.25, -0.2) is 4.79 Å². The van der Waals surface area contributed by atoms with Crippen molar-refractivity contribution in [3.63, 3.8) is 0 Å². The van der Waals surface area contributed by atoms with Gasteiger partial charge in [0.1, 0.15) is 5.60 Å². The Balaban J connectivity index is 2.74. The van der Waals surface area contributed by atoms with E-state index in [4.69, 9.17) is 4.74 Å². The Morgan fingerprint density at radius 2 is 2.06 bits per heavy atom. The summed E-state index contributed by atoms with van der Waals surface area (Å²) in [7, 11) is 0. The Morgan fingerprint density at radius 1 is 1.44 bits per heavy atom. The maximum Gasteiger partial charge on any atom is 0.412 e. The summed E-state index contributed by atoms with van der Waals surface area (Å²) in [6.45, 7) is 5.31. The van der Waals surface area contributed by atoms with Crippen LogP contribution in [0.2, 0.25) is 0 Å². The first-order valence-corrected chi connectivity index (χ1v) is 5.56. The molecule has 0 aliphatic carbocycles. The van der Waals surface area contributed by atoms with Gasteiger partial charge in [-0.2, -0.15) is 0 Å². The number of carbonyl (C=O) groups is 1. The van der Waals surface area contributed by atoms with Gasteiger partial charge in [-0.05, 0) is 48.8 Å². The molecular formula is C11H14BrNO3. The Bertz CT molecular complexity index is 399. The third-order valence-electron chi connectivity index (χ3n) is 1.62. The van der Waals surface area contributed by atoms with Gasteiger partial charge in [0.15, 0.2) is 5.75 Å². The average molecular weight is 288 g/mol. The van der Waals surface area contributed by atoms with Crippen LogP contribution >= 0.6 is 15.9 Å². The monoisotopic (exact) mass is 287 g/mol. The van der Waals surface area contributed by atoms with Crippen LogP contribution in [-0.4, -0.2) is 16.8 Å². The van der Waals surface area contributed by atoms with Gasteiger partial charge in [-0.1, -0.05) is 6.07 Å². The Kier molecular flexibility index (Phi) is 3.80. The van der Waals surface area contributed by atoms with Crippen molar-refractivity contribution in [3.8, 4) is 5.75 Å². The Morgan fingerprint density at radius 3 is 2.62 bits per heavy atom. The second-order valence-corrected chi connectivity index (χ2v) is 5.12. The number of aromatic hydroxyl groups is 1. The minimum absolute atomic E-state index is 0.0200. The summed E-state index contributed by atoms with van der Waals surface area (Å²) in [4.78, 5) is 11.4. The highest BCUT2D eigenvalue weighted by Crippen LogP contribution is 2.31. The van der Waals surface area contributed by atoms with Crippen molar-refractivity contribution >= 4 is 27.7 Å². The molecule has 1 amide bonds. The molecule has 1 aromatic rings. The van der Waals surface area contributed by atoms with E-state index in [-0.39, 0.29) is 5.75 Å². The number of ether oxygens (including phenoxy) is 1. The lowest BCUT2D eigenvalue weighted by Gasteiger charge is -2.20. The van der Waals surface area contributed by atoms with Crippen LogP contribution in [0.4, 0.5) is 10.5 Å². The predicted molar refractivity (Wildman–Crippen MR) is 65.7 cm³/mol. The first-order valence-electron chi connectivity index (χ1n) is 4.77. The molecule has 4 nitrogen and oxygen atoms in total. The fourth-order valence-electron chi connectivity index (χ4n) is 1.03. The molecule has 5 heteroatoms. The minimum atomic E-state index is -0.596. The average Bonchev–Trinajstić information content (AvgIpc) is 2.09. The molecule has 0 saturated heterocycles. The third kappa shape index (κ3) is 3.73. The zero-order valence-electron chi connectivity index (χ0n) is 9.37. The van der Waals surface area contributed by atoms with Crippen LogP contribution in [0.5, 0.6) is 5.75 Å². The fraction of sp³-hybridized carbons (Fsp3) is 0.364. The van der Waals surface area contributed by atoms with Gasteiger partial charge in [0.2, 0.25) is 0 Å². The van der Waals surface area contributed by atoms with E-state index < -0.39 is 11.7 Å². The Hall–Kier alpha value is -1.23. The van der Waals surface area contributed by atoms with Gasteiger partial charge < -0.3 is 9.84 Å². The molecule has 0 aliphatic rings. The van der Waals surface area contributed by atoms with Crippen molar-refractivity contribution in [1.29, 1.82) is 0 Å². The fourth-order valence-corrected chi connectivity index (χ4v) is 1.40. The van der Waals surface area contributed by atoms with Crippen LogP contribution in [0.1, 0.15) is 20.8 Å². The molecule has 0 saturated carbocycles. The number of halogens is 1. The lowest BCUT2D eigenvalue weighted by atomic mass is 10.2. The molecule has 16 heavy (non-hydrogen) atoms. The van der Waals surface area contributed by atoms with Crippen molar-refractivity contribution in [3.05, 3.63) is 22.7 Å². The molecule has 0 atom stereocenters. The number of anilines is 1. The van der Waals surface area contributed by atoms with E-state index in [1.807, 2.05) is 0 Å². The molecule has 0 fully saturated rings. The van der Waals surface area contributed by atoms with Crippen molar-refractivity contribution in [2.24, 2.45) is 0 Å². The quantitative estimate of drug-likeness (QED) is 0.777. The highest BCUT2D eigenvalue weighted by atomic mass is 79.9. The molecule has 88 valence electrons. The summed E-state index contributed by atoms with van der Waals surface area (Å²) in [5.41, 5.74) is -0.255. The van der Waals surface area contributed by atoms with Gasteiger partial charge in [0.05, 0.1) is 10.2 Å². The summed E-state index contributed by atoms with van der Waals surface area (Å²) in [5.74, 6) is -0.0200. The number of carbonyl (C=O) groups excluding carboxylic acids is 1. The maximum absolute atomic E-state index is 11.4. The molecule has 0 aliphatic heterocycles. The number of phenols is 1. The summed E-state index contributed by atoms with van der Waals surface area (Å²) in [6.07, 6.45) is -0.596. The summed E-state index contributed by atoms with van der Waals surface area (Å²) in [6, 6.07) is 4.97. The molecule has 0 heterocycles. The molecule has 0 radical (unpaired) electrons. The van der Waals surface area contributed by atoms with Gasteiger partial charge >= 0.3 is 6.09 Å². The van der Waals surface area contributed by atoms with Crippen LogP contribution in [0.15, 0.2) is 22.7 Å². The summed E-state index contributed by atoms with van der Waals surface area (Å²) >= 11 is 3.16. The predicted octanol–water partition coefficient (Wildman–Crippen LogP) is 3.50. The van der Waals surface area contributed by atoms with E-state index in [1.54, 1.807) is 39.0 Å². The van der Waals surface area contributed by atoms with E-state index >= 15 is 0 Å². The smallest absolute Gasteiger partial charge is 0.412 e. The zero-order chi connectivity index (χ0) is 12.3. The minimum Gasteiger partial charge on any atom is -0.505 e. The van der Waals surface area contributed by atoms with Crippen LogP contribution < -0.4 is 5.32 Å². The first-order chi connectivity index (χ1) is 7.29. The maximum atomic E-state index is 11.4. The highest BCUT2D eigenvalue weighted by molar-refractivity contribution is 9.10. The van der Waals surface area contributed by atoms with Crippen molar-refractivity contribution in [2.45, 2.75) is 26.4 Å². The van der Waals surface area contributed by atoms with Crippen LogP contribution in [0, 0.1) is 0 Å². The van der Waals surface area contributed by atoms with Gasteiger partial charge in [-0.3, -0.25) is 5.32 Å². The SMILES string of the molecule is CC(C)(C)OC(=O)Nc1cccc(Br)c1O. The standard InChI is InChI=1S/C11H14BrNO3/c1-11(2,3)16-10(15)13-8-6-4-5-7(12)9(8)14/h4-6,14H,1-3H3,(H,13,15). The molecule has 0 bridgehead atoms. The molecule has 0 aromatic heterocycles. The number of phenolic OH excluding ortho intramolecular Hbond substituents is 1. The zero-order valence-corrected chi connectivity index (χ0v) is 11.0. The second kappa shape index (κ2) is 4.74.